The molecule has 0 amide bonds. The number of ether oxygens (including phenoxy) is 2. The lowest BCUT2D eigenvalue weighted by molar-refractivity contribution is 0.415. The summed E-state index contributed by atoms with van der Waals surface area (Å²) < 4.78 is 11.9. The number of fused-ring (bicyclic) bond motifs is 1. The molecule has 0 bridgehead atoms. The van der Waals surface area contributed by atoms with Crippen LogP contribution in [0.15, 0.2) is 58.9 Å². The van der Waals surface area contributed by atoms with Crippen LogP contribution in [0.2, 0.25) is 0 Å². The van der Waals surface area contributed by atoms with Crippen molar-refractivity contribution < 1.29 is 9.47 Å². The molecule has 3 heterocycles. The number of pyridine rings is 1. The van der Waals surface area contributed by atoms with Crippen molar-refractivity contribution >= 4 is 37.5 Å². The lowest BCUT2D eigenvalue weighted by Gasteiger charge is -2.08. The van der Waals surface area contributed by atoms with E-state index in [-0.39, 0.29) is 0 Å². The zero-order valence-electron chi connectivity index (χ0n) is 13.1. The zero-order valence-corrected chi connectivity index (χ0v) is 15.5. The fourth-order valence-corrected chi connectivity index (χ4v) is 3.70. The SMILES string of the molecule is COc1ccc(-c2csc3ncnc(Oc4cccnc4Br)c23)cc1. The lowest BCUT2D eigenvalue weighted by atomic mass is 10.1. The molecule has 4 aromatic rings. The quantitative estimate of drug-likeness (QED) is 0.423. The first-order valence-corrected chi connectivity index (χ1v) is 9.08. The summed E-state index contributed by atoms with van der Waals surface area (Å²) in [6.45, 7) is 0. The molecule has 1 aromatic carbocycles. The average molecular weight is 414 g/mol. The Labute approximate surface area is 156 Å². The topological polar surface area (TPSA) is 57.1 Å². The largest absolute Gasteiger partial charge is 0.497 e. The number of hydrogen-bond acceptors (Lipinski definition) is 6. The van der Waals surface area contributed by atoms with Gasteiger partial charge in [0.15, 0.2) is 5.75 Å². The van der Waals surface area contributed by atoms with Gasteiger partial charge in [-0.3, -0.25) is 0 Å². The van der Waals surface area contributed by atoms with Crippen LogP contribution in [0.4, 0.5) is 0 Å². The molecular formula is C18H12BrN3O2S. The molecule has 0 saturated heterocycles. The summed E-state index contributed by atoms with van der Waals surface area (Å²) >= 11 is 4.96. The summed E-state index contributed by atoms with van der Waals surface area (Å²) in [5, 5.41) is 2.94. The number of thiophene rings is 1. The van der Waals surface area contributed by atoms with Gasteiger partial charge in [0.1, 0.15) is 21.5 Å². The molecule has 3 aromatic heterocycles. The van der Waals surface area contributed by atoms with E-state index in [4.69, 9.17) is 9.47 Å². The van der Waals surface area contributed by atoms with E-state index in [1.165, 1.54) is 6.33 Å². The second kappa shape index (κ2) is 6.78. The highest BCUT2D eigenvalue weighted by molar-refractivity contribution is 9.10. The fourth-order valence-electron chi connectivity index (χ4n) is 2.46. The van der Waals surface area contributed by atoms with Gasteiger partial charge in [0.05, 0.1) is 12.5 Å². The number of nitrogens with zero attached hydrogens (tertiary/aromatic N) is 3. The third-order valence-corrected chi connectivity index (χ3v) is 5.15. The van der Waals surface area contributed by atoms with Crippen molar-refractivity contribution in [1.29, 1.82) is 0 Å². The van der Waals surface area contributed by atoms with Crippen molar-refractivity contribution in [3.63, 3.8) is 0 Å². The Kier molecular flexibility index (Phi) is 4.33. The third-order valence-electron chi connectivity index (χ3n) is 3.67. The van der Waals surface area contributed by atoms with Crippen LogP contribution in [0.3, 0.4) is 0 Å². The molecular weight excluding hydrogens is 402 g/mol. The number of rotatable bonds is 4. The van der Waals surface area contributed by atoms with E-state index >= 15 is 0 Å². The predicted molar refractivity (Wildman–Crippen MR) is 101 cm³/mol. The van der Waals surface area contributed by atoms with Gasteiger partial charge < -0.3 is 9.47 Å². The third kappa shape index (κ3) is 3.08. The van der Waals surface area contributed by atoms with Crippen LogP contribution in [-0.4, -0.2) is 22.1 Å². The lowest BCUT2D eigenvalue weighted by Crippen LogP contribution is -1.92. The Morgan fingerprint density at radius 3 is 2.64 bits per heavy atom. The van der Waals surface area contributed by atoms with Crippen LogP contribution in [0.25, 0.3) is 21.3 Å². The molecule has 0 spiro atoms. The molecule has 0 unspecified atom stereocenters. The van der Waals surface area contributed by atoms with Crippen LogP contribution >= 0.6 is 27.3 Å². The molecule has 4 rings (SSSR count). The molecule has 0 aliphatic heterocycles. The Hall–Kier alpha value is -2.51. The Balaban J connectivity index is 1.82. The van der Waals surface area contributed by atoms with Gasteiger partial charge in [-0.15, -0.1) is 11.3 Å². The molecule has 0 aliphatic carbocycles. The maximum Gasteiger partial charge on any atom is 0.231 e. The molecule has 0 radical (unpaired) electrons. The van der Waals surface area contributed by atoms with Gasteiger partial charge in [-0.1, -0.05) is 12.1 Å². The normalized spacial score (nSPS) is 10.8. The first-order valence-electron chi connectivity index (χ1n) is 7.41. The van der Waals surface area contributed by atoms with Crippen molar-refractivity contribution in [1.82, 2.24) is 15.0 Å². The highest BCUT2D eigenvalue weighted by Gasteiger charge is 2.16. The van der Waals surface area contributed by atoms with E-state index in [0.717, 1.165) is 27.1 Å². The van der Waals surface area contributed by atoms with Gasteiger partial charge in [0, 0.05) is 17.1 Å². The average Bonchev–Trinajstić information content (AvgIpc) is 3.09. The standard InChI is InChI=1S/C18H12BrN3O2S/c1-23-12-6-4-11(5-7-12)13-9-25-18-15(13)17(21-10-22-18)24-14-3-2-8-20-16(14)19/h2-10H,1H3. The minimum atomic E-state index is 0.505. The van der Waals surface area contributed by atoms with Gasteiger partial charge in [-0.2, -0.15) is 0 Å². The second-order valence-electron chi connectivity index (χ2n) is 5.13. The maximum absolute atomic E-state index is 6.01. The van der Waals surface area contributed by atoms with Crippen LogP contribution in [-0.2, 0) is 0 Å². The fraction of sp³-hybridized carbons (Fsp3) is 0.0556. The molecule has 0 atom stereocenters. The molecule has 25 heavy (non-hydrogen) atoms. The Bertz CT molecular complexity index is 1030. The van der Waals surface area contributed by atoms with Crippen LogP contribution < -0.4 is 9.47 Å². The summed E-state index contributed by atoms with van der Waals surface area (Å²) in [6.07, 6.45) is 3.20. The molecule has 5 nitrogen and oxygen atoms in total. The van der Waals surface area contributed by atoms with Crippen molar-refractivity contribution in [3.05, 3.63) is 58.9 Å². The van der Waals surface area contributed by atoms with E-state index in [0.29, 0.717) is 16.2 Å². The summed E-state index contributed by atoms with van der Waals surface area (Å²) in [5.41, 5.74) is 2.08. The zero-order chi connectivity index (χ0) is 17.2. The van der Waals surface area contributed by atoms with Crippen molar-refractivity contribution in [2.75, 3.05) is 7.11 Å². The Morgan fingerprint density at radius 2 is 1.88 bits per heavy atom. The molecule has 0 saturated carbocycles. The maximum atomic E-state index is 6.01. The van der Waals surface area contributed by atoms with Crippen molar-refractivity contribution in [2.24, 2.45) is 0 Å². The summed E-state index contributed by atoms with van der Waals surface area (Å²) in [5.74, 6) is 1.93. The number of benzene rings is 1. The van der Waals surface area contributed by atoms with Gasteiger partial charge >= 0.3 is 0 Å². The monoisotopic (exact) mass is 413 g/mol. The summed E-state index contributed by atoms with van der Waals surface area (Å²) in [4.78, 5) is 13.7. The second-order valence-corrected chi connectivity index (χ2v) is 6.74. The number of aromatic nitrogens is 3. The highest BCUT2D eigenvalue weighted by atomic mass is 79.9. The van der Waals surface area contributed by atoms with E-state index in [1.54, 1.807) is 24.6 Å². The molecule has 0 fully saturated rings. The Morgan fingerprint density at radius 1 is 1.04 bits per heavy atom. The summed E-state index contributed by atoms with van der Waals surface area (Å²) in [7, 11) is 1.65. The van der Waals surface area contributed by atoms with E-state index in [2.05, 4.69) is 36.3 Å². The molecule has 124 valence electrons. The summed E-state index contributed by atoms with van der Waals surface area (Å²) in [6, 6.07) is 11.5. The molecule has 0 N–H and O–H groups in total. The highest BCUT2D eigenvalue weighted by Crippen LogP contribution is 2.40. The first kappa shape index (κ1) is 16.0. The molecule has 0 aliphatic rings. The smallest absolute Gasteiger partial charge is 0.231 e. The van der Waals surface area contributed by atoms with E-state index < -0.39 is 0 Å². The van der Waals surface area contributed by atoms with E-state index in [1.807, 2.05) is 36.4 Å². The van der Waals surface area contributed by atoms with Crippen molar-refractivity contribution in [3.8, 4) is 28.5 Å². The predicted octanol–water partition coefficient (Wildman–Crippen LogP) is 5.32. The van der Waals surface area contributed by atoms with Crippen molar-refractivity contribution in [2.45, 2.75) is 0 Å². The minimum absolute atomic E-state index is 0.505. The van der Waals surface area contributed by atoms with Gasteiger partial charge in [-0.25, -0.2) is 15.0 Å². The van der Waals surface area contributed by atoms with Crippen LogP contribution in [0, 0.1) is 0 Å². The van der Waals surface area contributed by atoms with Crippen LogP contribution in [0.5, 0.6) is 17.4 Å². The van der Waals surface area contributed by atoms with Crippen LogP contribution in [0.1, 0.15) is 0 Å². The van der Waals surface area contributed by atoms with E-state index in [9.17, 15) is 0 Å². The van der Waals surface area contributed by atoms with Gasteiger partial charge in [0.25, 0.3) is 0 Å². The minimum Gasteiger partial charge on any atom is -0.497 e. The number of methoxy groups -OCH3 is 1. The van der Waals surface area contributed by atoms with Gasteiger partial charge in [0.2, 0.25) is 5.88 Å². The number of hydrogen-bond donors (Lipinski definition) is 0. The van der Waals surface area contributed by atoms with Gasteiger partial charge in [-0.05, 0) is 45.8 Å². The first-order chi connectivity index (χ1) is 12.3. The molecule has 7 heteroatoms. The number of halogens is 1.